The minimum atomic E-state index is -1.07. The van der Waals surface area contributed by atoms with Gasteiger partial charge in [0.05, 0.1) is 0 Å². The van der Waals surface area contributed by atoms with Crippen LogP contribution in [0.4, 0.5) is 13.2 Å². The molecule has 0 saturated heterocycles. The lowest BCUT2D eigenvalue weighted by atomic mass is 10.2. The highest BCUT2D eigenvalue weighted by Gasteiger charge is 2.09. The molecule has 0 atom stereocenters. The molecule has 0 unspecified atom stereocenters. The van der Waals surface area contributed by atoms with Gasteiger partial charge in [0, 0.05) is 12.1 Å². The average molecular weight is 265 g/mol. The Labute approximate surface area is 107 Å². The van der Waals surface area contributed by atoms with Gasteiger partial charge in [0.15, 0.2) is 11.6 Å². The van der Waals surface area contributed by atoms with Gasteiger partial charge < -0.3 is 5.32 Å². The van der Waals surface area contributed by atoms with Crippen LogP contribution in [-0.2, 0) is 6.54 Å². The van der Waals surface area contributed by atoms with Gasteiger partial charge in [0.2, 0.25) is 0 Å². The van der Waals surface area contributed by atoms with E-state index in [1.807, 2.05) is 0 Å². The predicted molar refractivity (Wildman–Crippen MR) is 63.9 cm³/mol. The molecule has 0 radical (unpaired) electrons. The second-order valence-corrected chi connectivity index (χ2v) is 3.94. The Morgan fingerprint density at radius 3 is 2.26 bits per heavy atom. The number of rotatable bonds is 3. The third-order valence-electron chi connectivity index (χ3n) is 2.55. The summed E-state index contributed by atoms with van der Waals surface area (Å²) in [4.78, 5) is 11.7. The van der Waals surface area contributed by atoms with Crippen molar-refractivity contribution >= 4 is 5.91 Å². The van der Waals surface area contributed by atoms with Crippen LogP contribution >= 0.6 is 0 Å². The van der Waals surface area contributed by atoms with Gasteiger partial charge in [-0.3, -0.25) is 4.79 Å². The highest BCUT2D eigenvalue weighted by atomic mass is 19.2. The first-order valence-electron chi connectivity index (χ1n) is 5.54. The van der Waals surface area contributed by atoms with Crippen LogP contribution in [0.15, 0.2) is 42.5 Å². The van der Waals surface area contributed by atoms with E-state index in [0.717, 1.165) is 12.1 Å². The average Bonchev–Trinajstić information content (AvgIpc) is 2.41. The third kappa shape index (κ3) is 3.34. The lowest BCUT2D eigenvalue weighted by molar-refractivity contribution is 0.0950. The minimum Gasteiger partial charge on any atom is -0.348 e. The van der Waals surface area contributed by atoms with Crippen LogP contribution in [0.3, 0.4) is 0 Å². The fourth-order valence-corrected chi connectivity index (χ4v) is 1.52. The van der Waals surface area contributed by atoms with Gasteiger partial charge in [-0.1, -0.05) is 12.1 Å². The quantitative estimate of drug-likeness (QED) is 0.908. The number of hydrogen-bond acceptors (Lipinski definition) is 1. The second kappa shape index (κ2) is 5.56. The molecule has 0 aliphatic carbocycles. The van der Waals surface area contributed by atoms with Crippen molar-refractivity contribution in [3.05, 3.63) is 71.0 Å². The van der Waals surface area contributed by atoms with E-state index in [4.69, 9.17) is 0 Å². The van der Waals surface area contributed by atoms with Gasteiger partial charge in [-0.25, -0.2) is 13.2 Å². The van der Waals surface area contributed by atoms with Crippen LogP contribution in [-0.4, -0.2) is 5.91 Å². The summed E-state index contributed by atoms with van der Waals surface area (Å²) in [6, 6.07) is 8.52. The largest absolute Gasteiger partial charge is 0.348 e. The molecular formula is C14H10F3NO. The Bertz CT molecular complexity index is 596. The number of benzene rings is 2. The van der Waals surface area contributed by atoms with Crippen molar-refractivity contribution in [2.24, 2.45) is 0 Å². The molecule has 1 N–H and O–H groups in total. The molecule has 19 heavy (non-hydrogen) atoms. The number of amides is 1. The fourth-order valence-electron chi connectivity index (χ4n) is 1.52. The molecule has 0 aromatic heterocycles. The molecule has 0 spiro atoms. The molecule has 0 heterocycles. The molecule has 0 saturated carbocycles. The number of halogens is 3. The summed E-state index contributed by atoms with van der Waals surface area (Å²) in [6.45, 7) is 0.179. The summed E-state index contributed by atoms with van der Waals surface area (Å²) in [7, 11) is 0. The maximum absolute atomic E-state index is 13.0. The van der Waals surface area contributed by atoms with Crippen LogP contribution in [0.25, 0.3) is 0 Å². The van der Waals surface area contributed by atoms with Gasteiger partial charge in [-0.2, -0.15) is 0 Å². The number of hydrogen-bond donors (Lipinski definition) is 1. The number of carbonyl (C=O) groups is 1. The van der Waals surface area contributed by atoms with Crippen LogP contribution in [0.1, 0.15) is 15.9 Å². The van der Waals surface area contributed by atoms with E-state index in [0.29, 0.717) is 5.56 Å². The molecule has 0 bridgehead atoms. The monoisotopic (exact) mass is 265 g/mol. The summed E-state index contributed by atoms with van der Waals surface area (Å²) in [5.41, 5.74) is 0.735. The minimum absolute atomic E-state index is 0.0287. The molecule has 98 valence electrons. The predicted octanol–water partition coefficient (Wildman–Crippen LogP) is 3.03. The highest BCUT2D eigenvalue weighted by molar-refractivity contribution is 5.94. The van der Waals surface area contributed by atoms with Crippen molar-refractivity contribution in [3.8, 4) is 0 Å². The summed E-state index contributed by atoms with van der Waals surface area (Å²) >= 11 is 0. The molecule has 2 aromatic rings. The van der Waals surface area contributed by atoms with Gasteiger partial charge in [0.25, 0.3) is 5.91 Å². The Morgan fingerprint density at radius 2 is 1.63 bits per heavy atom. The smallest absolute Gasteiger partial charge is 0.251 e. The van der Waals surface area contributed by atoms with Gasteiger partial charge in [-0.05, 0) is 35.9 Å². The van der Waals surface area contributed by atoms with Crippen molar-refractivity contribution < 1.29 is 18.0 Å². The normalized spacial score (nSPS) is 10.3. The third-order valence-corrected chi connectivity index (χ3v) is 2.55. The van der Waals surface area contributed by atoms with Gasteiger partial charge in [-0.15, -0.1) is 0 Å². The Balaban J connectivity index is 2.01. The summed E-state index contributed by atoms with van der Waals surface area (Å²) < 4.78 is 38.3. The SMILES string of the molecule is O=C(NCc1ccc(F)cc1)c1ccc(F)c(F)c1. The summed E-state index contributed by atoms with van der Waals surface area (Å²) in [5, 5.41) is 2.53. The Hall–Kier alpha value is -2.30. The first kappa shape index (κ1) is 13.1. The Kier molecular flexibility index (Phi) is 3.85. The van der Waals surface area contributed by atoms with E-state index in [1.54, 1.807) is 0 Å². The van der Waals surface area contributed by atoms with E-state index >= 15 is 0 Å². The zero-order chi connectivity index (χ0) is 13.8. The van der Waals surface area contributed by atoms with E-state index in [-0.39, 0.29) is 17.9 Å². The van der Waals surface area contributed by atoms with E-state index < -0.39 is 17.5 Å². The van der Waals surface area contributed by atoms with E-state index in [9.17, 15) is 18.0 Å². The van der Waals surface area contributed by atoms with Crippen LogP contribution < -0.4 is 5.32 Å². The molecular weight excluding hydrogens is 255 g/mol. The maximum Gasteiger partial charge on any atom is 0.251 e. The van der Waals surface area contributed by atoms with Crippen molar-refractivity contribution in [2.75, 3.05) is 0 Å². The van der Waals surface area contributed by atoms with Crippen molar-refractivity contribution in [1.82, 2.24) is 5.32 Å². The molecule has 0 aliphatic rings. The molecule has 0 aliphatic heterocycles. The van der Waals surface area contributed by atoms with Crippen LogP contribution in [0, 0.1) is 17.5 Å². The van der Waals surface area contributed by atoms with Crippen molar-refractivity contribution in [1.29, 1.82) is 0 Å². The van der Waals surface area contributed by atoms with Crippen molar-refractivity contribution in [2.45, 2.75) is 6.54 Å². The molecule has 0 fully saturated rings. The number of nitrogens with one attached hydrogen (secondary N) is 1. The first-order chi connectivity index (χ1) is 9.06. The highest BCUT2D eigenvalue weighted by Crippen LogP contribution is 2.09. The van der Waals surface area contributed by atoms with Crippen LogP contribution in [0.2, 0.25) is 0 Å². The maximum atomic E-state index is 13.0. The molecule has 2 aromatic carbocycles. The molecule has 1 amide bonds. The molecule has 2 nitrogen and oxygen atoms in total. The number of carbonyl (C=O) groups excluding carboxylic acids is 1. The zero-order valence-corrected chi connectivity index (χ0v) is 9.79. The topological polar surface area (TPSA) is 29.1 Å². The van der Waals surface area contributed by atoms with E-state index in [2.05, 4.69) is 5.32 Å². The summed E-state index contributed by atoms with van der Waals surface area (Å²) in [6.07, 6.45) is 0. The standard InChI is InChI=1S/C14H10F3NO/c15-11-4-1-9(2-5-11)8-18-14(19)10-3-6-12(16)13(17)7-10/h1-7H,8H2,(H,18,19). The second-order valence-electron chi connectivity index (χ2n) is 3.94. The lowest BCUT2D eigenvalue weighted by Crippen LogP contribution is -2.22. The van der Waals surface area contributed by atoms with Crippen molar-refractivity contribution in [3.63, 3.8) is 0 Å². The van der Waals surface area contributed by atoms with Crippen LogP contribution in [0.5, 0.6) is 0 Å². The molecule has 5 heteroatoms. The van der Waals surface area contributed by atoms with Gasteiger partial charge >= 0.3 is 0 Å². The fraction of sp³-hybridized carbons (Fsp3) is 0.0714. The zero-order valence-electron chi connectivity index (χ0n) is 9.79. The molecule has 2 rings (SSSR count). The summed E-state index contributed by atoms with van der Waals surface area (Å²) in [5.74, 6) is -2.97. The first-order valence-corrected chi connectivity index (χ1v) is 5.54. The van der Waals surface area contributed by atoms with E-state index in [1.165, 1.54) is 30.3 Å². The lowest BCUT2D eigenvalue weighted by Gasteiger charge is -2.05. The van der Waals surface area contributed by atoms with Gasteiger partial charge in [0.1, 0.15) is 5.82 Å². The Morgan fingerprint density at radius 1 is 0.947 bits per heavy atom.